The van der Waals surface area contributed by atoms with Gasteiger partial charge in [0.05, 0.1) is 12.1 Å². The van der Waals surface area contributed by atoms with Gasteiger partial charge in [0.2, 0.25) is 5.91 Å². The largest absolute Gasteiger partial charge is 0.334 e. The fourth-order valence-corrected chi connectivity index (χ4v) is 2.45. The molecule has 0 spiro atoms. The zero-order valence-corrected chi connectivity index (χ0v) is 10.6. The summed E-state index contributed by atoms with van der Waals surface area (Å²) in [6.07, 6.45) is 2.55. The maximum atomic E-state index is 12.9. The van der Waals surface area contributed by atoms with E-state index < -0.39 is 6.04 Å². The Kier molecular flexibility index (Phi) is 3.97. The predicted octanol–water partition coefficient (Wildman–Crippen LogP) is 2.23. The van der Waals surface area contributed by atoms with Gasteiger partial charge in [0.25, 0.3) is 0 Å². The first-order valence-electron chi connectivity index (χ1n) is 6.45. The molecule has 0 radical (unpaired) electrons. The zero-order valence-electron chi connectivity index (χ0n) is 10.6. The molecule has 0 unspecified atom stereocenters. The van der Waals surface area contributed by atoms with Crippen molar-refractivity contribution < 1.29 is 9.18 Å². The molecule has 1 heterocycles. The maximum Gasteiger partial charge on any atom is 0.239 e. The van der Waals surface area contributed by atoms with Crippen LogP contribution in [0.2, 0.25) is 0 Å². The fourth-order valence-electron chi connectivity index (χ4n) is 2.45. The molecule has 0 aromatic heterocycles. The Morgan fingerprint density at radius 2 is 2.17 bits per heavy atom. The lowest BCUT2D eigenvalue weighted by Gasteiger charge is -2.27. The number of benzene rings is 1. The number of carbonyl (C=O) groups excluding carboxylic acids is 1. The van der Waals surface area contributed by atoms with Crippen molar-refractivity contribution in [1.82, 2.24) is 4.90 Å². The highest BCUT2D eigenvalue weighted by atomic mass is 19.1. The lowest BCUT2D eigenvalue weighted by Crippen LogP contribution is -2.43. The molecule has 18 heavy (non-hydrogen) atoms. The molecule has 1 aliphatic heterocycles. The molecule has 1 saturated heterocycles. The van der Waals surface area contributed by atoms with Gasteiger partial charge < -0.3 is 10.6 Å². The molecular formula is C14H19FN2O. The molecule has 98 valence electrons. The van der Waals surface area contributed by atoms with E-state index in [0.717, 1.165) is 24.9 Å². The molecule has 1 aromatic rings. The Morgan fingerprint density at radius 3 is 2.78 bits per heavy atom. The molecule has 1 amide bonds. The number of carbonyl (C=O) groups is 1. The van der Waals surface area contributed by atoms with Crippen molar-refractivity contribution in [2.45, 2.75) is 38.3 Å². The minimum absolute atomic E-state index is 0.00400. The minimum atomic E-state index is -0.425. The van der Waals surface area contributed by atoms with Crippen molar-refractivity contribution >= 4 is 5.91 Å². The van der Waals surface area contributed by atoms with E-state index in [2.05, 4.69) is 0 Å². The summed E-state index contributed by atoms with van der Waals surface area (Å²) in [5, 5.41) is 0. The van der Waals surface area contributed by atoms with Gasteiger partial charge in [0, 0.05) is 6.54 Å². The van der Waals surface area contributed by atoms with Crippen LogP contribution in [0, 0.1) is 5.82 Å². The zero-order chi connectivity index (χ0) is 13.1. The van der Waals surface area contributed by atoms with Crippen molar-refractivity contribution in [2.24, 2.45) is 5.73 Å². The van der Waals surface area contributed by atoms with Gasteiger partial charge in [-0.3, -0.25) is 4.79 Å². The summed E-state index contributed by atoms with van der Waals surface area (Å²) in [4.78, 5) is 14.0. The molecule has 2 rings (SSSR count). The number of nitrogens with zero attached hydrogens (tertiary/aromatic N) is 1. The van der Waals surface area contributed by atoms with E-state index in [9.17, 15) is 9.18 Å². The number of amides is 1. The van der Waals surface area contributed by atoms with Gasteiger partial charge in [-0.05, 0) is 37.0 Å². The standard InChI is InChI=1S/C14H19FN2O/c1-2-12(16)14(18)17-9-3-4-13(17)10-5-7-11(15)8-6-10/h5-8,12-13H,2-4,9,16H2,1H3/t12-,13+/m0/s1. The minimum Gasteiger partial charge on any atom is -0.334 e. The van der Waals surface area contributed by atoms with E-state index in [4.69, 9.17) is 5.73 Å². The number of hydrogen-bond acceptors (Lipinski definition) is 2. The number of hydrogen-bond donors (Lipinski definition) is 1. The maximum absolute atomic E-state index is 12.9. The summed E-state index contributed by atoms with van der Waals surface area (Å²) in [5.41, 5.74) is 6.80. The molecule has 2 atom stereocenters. The third kappa shape index (κ3) is 2.53. The van der Waals surface area contributed by atoms with Crippen LogP contribution in [-0.4, -0.2) is 23.4 Å². The normalized spacial score (nSPS) is 21.1. The third-order valence-corrected chi connectivity index (χ3v) is 3.55. The van der Waals surface area contributed by atoms with E-state index in [1.165, 1.54) is 12.1 Å². The lowest BCUT2D eigenvalue weighted by molar-refractivity contribution is -0.133. The molecule has 0 aliphatic carbocycles. The molecular weight excluding hydrogens is 231 g/mol. The summed E-state index contributed by atoms with van der Waals surface area (Å²) < 4.78 is 12.9. The highest BCUT2D eigenvalue weighted by Crippen LogP contribution is 2.32. The van der Waals surface area contributed by atoms with Gasteiger partial charge in [-0.2, -0.15) is 0 Å². The average Bonchev–Trinajstić information content (AvgIpc) is 2.87. The van der Waals surface area contributed by atoms with Crippen LogP contribution in [0.3, 0.4) is 0 Å². The van der Waals surface area contributed by atoms with Crippen LogP contribution < -0.4 is 5.73 Å². The molecule has 0 bridgehead atoms. The van der Waals surface area contributed by atoms with E-state index in [-0.39, 0.29) is 17.8 Å². The Balaban J connectivity index is 2.17. The van der Waals surface area contributed by atoms with Crippen LogP contribution >= 0.6 is 0 Å². The summed E-state index contributed by atoms with van der Waals surface area (Å²) in [6.45, 7) is 2.65. The summed E-state index contributed by atoms with van der Waals surface area (Å²) in [6, 6.07) is 6.01. The first-order valence-corrected chi connectivity index (χ1v) is 6.45. The fraction of sp³-hybridized carbons (Fsp3) is 0.500. The average molecular weight is 250 g/mol. The quantitative estimate of drug-likeness (QED) is 0.894. The van der Waals surface area contributed by atoms with Crippen LogP contribution in [0.1, 0.15) is 37.8 Å². The smallest absolute Gasteiger partial charge is 0.239 e. The van der Waals surface area contributed by atoms with Crippen LogP contribution in [0.15, 0.2) is 24.3 Å². The molecule has 0 saturated carbocycles. The third-order valence-electron chi connectivity index (χ3n) is 3.55. The van der Waals surface area contributed by atoms with Crippen LogP contribution in [0.4, 0.5) is 4.39 Å². The Hall–Kier alpha value is -1.42. The van der Waals surface area contributed by atoms with E-state index in [1.807, 2.05) is 11.8 Å². The van der Waals surface area contributed by atoms with Gasteiger partial charge in [0.1, 0.15) is 5.82 Å². The van der Waals surface area contributed by atoms with Gasteiger partial charge >= 0.3 is 0 Å². The van der Waals surface area contributed by atoms with Crippen molar-refractivity contribution in [3.63, 3.8) is 0 Å². The van der Waals surface area contributed by atoms with Gasteiger partial charge in [-0.15, -0.1) is 0 Å². The van der Waals surface area contributed by atoms with Crippen LogP contribution in [0.25, 0.3) is 0 Å². The molecule has 1 aliphatic rings. The number of likely N-dealkylation sites (tertiary alicyclic amines) is 1. The number of halogens is 1. The van der Waals surface area contributed by atoms with E-state index >= 15 is 0 Å². The van der Waals surface area contributed by atoms with Crippen molar-refractivity contribution in [2.75, 3.05) is 6.54 Å². The van der Waals surface area contributed by atoms with Gasteiger partial charge in [-0.25, -0.2) is 4.39 Å². The monoisotopic (exact) mass is 250 g/mol. The highest BCUT2D eigenvalue weighted by Gasteiger charge is 2.31. The molecule has 1 aromatic carbocycles. The second-order valence-electron chi connectivity index (χ2n) is 4.76. The molecule has 4 heteroatoms. The molecule has 1 fully saturated rings. The van der Waals surface area contributed by atoms with Gasteiger partial charge in [0.15, 0.2) is 0 Å². The first kappa shape index (κ1) is 13.0. The van der Waals surface area contributed by atoms with Crippen LogP contribution in [0.5, 0.6) is 0 Å². The van der Waals surface area contributed by atoms with Crippen molar-refractivity contribution in [3.8, 4) is 0 Å². The molecule has 2 N–H and O–H groups in total. The number of rotatable bonds is 3. The van der Waals surface area contributed by atoms with Gasteiger partial charge in [-0.1, -0.05) is 19.1 Å². The summed E-state index contributed by atoms with van der Waals surface area (Å²) >= 11 is 0. The predicted molar refractivity (Wildman–Crippen MR) is 68.4 cm³/mol. The summed E-state index contributed by atoms with van der Waals surface area (Å²) in [7, 11) is 0. The number of nitrogens with two attached hydrogens (primary N) is 1. The van der Waals surface area contributed by atoms with Crippen molar-refractivity contribution in [1.29, 1.82) is 0 Å². The molecule has 3 nitrogen and oxygen atoms in total. The Labute approximate surface area is 107 Å². The second kappa shape index (κ2) is 5.48. The lowest BCUT2D eigenvalue weighted by atomic mass is 10.0. The van der Waals surface area contributed by atoms with E-state index in [1.54, 1.807) is 12.1 Å². The SMILES string of the molecule is CC[C@H](N)C(=O)N1CCC[C@@H]1c1ccc(F)cc1. The van der Waals surface area contributed by atoms with Crippen LogP contribution in [-0.2, 0) is 4.79 Å². The van der Waals surface area contributed by atoms with Crippen molar-refractivity contribution in [3.05, 3.63) is 35.6 Å². The first-order chi connectivity index (χ1) is 8.63. The van der Waals surface area contributed by atoms with E-state index in [0.29, 0.717) is 6.42 Å². The topological polar surface area (TPSA) is 46.3 Å². The summed E-state index contributed by atoms with van der Waals surface area (Å²) in [5.74, 6) is -0.246. The second-order valence-corrected chi connectivity index (χ2v) is 4.76. The Bertz CT molecular complexity index is 418. The highest BCUT2D eigenvalue weighted by molar-refractivity contribution is 5.82. The Morgan fingerprint density at radius 1 is 1.50 bits per heavy atom.